The molecule has 4 fully saturated rings. The van der Waals surface area contributed by atoms with Gasteiger partial charge in [0.1, 0.15) is 110 Å². The number of hydrogen-bond donors (Lipinski definition) is 17. The van der Waals surface area contributed by atoms with Gasteiger partial charge in [-0.25, -0.2) is 12.5 Å². The first-order valence-electron chi connectivity index (χ1n) is 21.3. The topological polar surface area (TPSA) is 566 Å². The van der Waals surface area contributed by atoms with Gasteiger partial charge in [0, 0.05) is 13.8 Å². The van der Waals surface area contributed by atoms with Crippen molar-refractivity contribution in [3.8, 4) is 0 Å². The molecule has 4 rings (SSSR count). The highest BCUT2D eigenvalue weighted by molar-refractivity contribution is 7.81. The van der Waals surface area contributed by atoms with Crippen LogP contribution in [0.2, 0.25) is 0 Å². The number of amides is 2. The molecule has 0 bridgehead atoms. The Labute approximate surface area is 413 Å². The second kappa shape index (κ2) is 26.4. The average Bonchev–Trinajstić information content (AvgIpc) is 3.28. The maximum atomic E-state index is 13.0. The van der Waals surface area contributed by atoms with Crippen LogP contribution in [0.15, 0.2) is 0 Å². The van der Waals surface area contributed by atoms with Gasteiger partial charge in [-0.2, -0.15) is 25.3 Å². The van der Waals surface area contributed by atoms with Gasteiger partial charge in [-0.05, 0) is 6.92 Å². The van der Waals surface area contributed by atoms with Crippen molar-refractivity contribution in [2.24, 2.45) is 0 Å². The van der Waals surface area contributed by atoms with Crippen molar-refractivity contribution in [1.29, 1.82) is 0 Å². The molecule has 0 aliphatic carbocycles. The zero-order chi connectivity index (χ0) is 55.2. The molecule has 0 aromatic heterocycles. The summed E-state index contributed by atoms with van der Waals surface area (Å²) in [6, 6.07) is -3.96. The summed E-state index contributed by atoms with van der Waals surface area (Å²) < 4.78 is 157. The van der Waals surface area contributed by atoms with Gasteiger partial charge in [0.25, 0.3) is 0 Å². The standard InChI is InChI=1S/C34H60N2O34S3/c1-9-18(42)22(46)24(48)32(63-9)69-29-17(36-11(3)40)31(66-16(8-62-73(57,58)59)28(29)68-33-25(49)23(47)20(44)14(5-38)64-33)70-30-21(45)15(7-61-72(54,55)56)65-34(26(30)50)67-27(13(41)6-60-71(51,52)53)19(43)12(4-37)35-10(2)39/h9,12-34,37-38,41-50H,4-8H2,1-3H3,(H,35,39)(H,36,40)(H,51,52,53)(H,54,55,56)(H,57,58,59)/t9-,12-,13+,14+,15+,16+,17+,18+,19+,20-,21-,22+,23-,24-,25+,26+,27+,28+,29+,30-,31-,32-,33-,34-/m0/s1. The lowest BCUT2D eigenvalue weighted by molar-refractivity contribution is -0.387. The number of aliphatic hydroxyl groups excluding tert-OH is 12. The van der Waals surface area contributed by atoms with Crippen LogP contribution in [0, 0.1) is 0 Å². The van der Waals surface area contributed by atoms with Gasteiger partial charge >= 0.3 is 31.2 Å². The van der Waals surface area contributed by atoms with Crippen LogP contribution in [-0.4, -0.2) is 292 Å². The van der Waals surface area contributed by atoms with Crippen LogP contribution in [0.1, 0.15) is 20.8 Å². The molecule has 4 aliphatic rings. The van der Waals surface area contributed by atoms with E-state index in [2.05, 4.69) is 23.2 Å². The van der Waals surface area contributed by atoms with Gasteiger partial charge in [-0.1, -0.05) is 0 Å². The smallest absolute Gasteiger partial charge is 0.394 e. The van der Waals surface area contributed by atoms with Crippen molar-refractivity contribution in [3.63, 3.8) is 0 Å². The van der Waals surface area contributed by atoms with Crippen LogP contribution < -0.4 is 10.6 Å². The normalized spacial score (nSPS) is 39.5. The maximum Gasteiger partial charge on any atom is 0.397 e. The number of aliphatic hydroxyl groups is 12. The fourth-order valence-corrected chi connectivity index (χ4v) is 8.71. The van der Waals surface area contributed by atoms with E-state index in [0.29, 0.717) is 0 Å². The molecule has 0 aromatic rings. The Morgan fingerprint density at radius 1 is 0.562 bits per heavy atom. The summed E-state index contributed by atoms with van der Waals surface area (Å²) in [5, 5.41) is 134. The second-order valence-electron chi connectivity index (χ2n) is 16.8. The molecule has 36 nitrogen and oxygen atoms in total. The van der Waals surface area contributed by atoms with E-state index in [1.54, 1.807) is 0 Å². The van der Waals surface area contributed by atoms with Crippen LogP contribution in [0.4, 0.5) is 0 Å². The molecule has 0 radical (unpaired) electrons. The van der Waals surface area contributed by atoms with Crippen molar-refractivity contribution >= 4 is 43.0 Å². The van der Waals surface area contributed by atoms with E-state index >= 15 is 0 Å². The number of hydrogen-bond acceptors (Lipinski definition) is 31. The molecular weight excluding hydrogens is 1080 g/mol. The molecular formula is C34H60N2O34S3. The Bertz CT molecular complexity index is 2130. The number of ether oxygens (including phenoxy) is 8. The van der Waals surface area contributed by atoms with Gasteiger partial charge in [-0.3, -0.25) is 23.2 Å². The Balaban J connectivity index is 1.89. The first-order valence-corrected chi connectivity index (χ1v) is 25.4. The number of carbonyl (C=O) groups is 2. The molecule has 39 heteroatoms. The lowest BCUT2D eigenvalue weighted by Gasteiger charge is -2.51. The second-order valence-corrected chi connectivity index (χ2v) is 20.0. The van der Waals surface area contributed by atoms with Crippen molar-refractivity contribution in [2.45, 2.75) is 168 Å². The SMILES string of the molecule is CC(=O)N[C@H]1[C@H](O[C@H]2[C@@H](O)[C@@H](COS(=O)(=O)O)O[C@@H](O[C@@H]([C@H](O)[C@H](CO)NC(C)=O)[C@H](O)COS(=O)(=O)O)[C@@H]2O)O[C@H](COS(=O)(=O)O)[C@@H](O[C@@H]2O[C@H](CO)[C@H](O)[C@H](O)[C@H]2O)[C@@H]1O[C@@H]1O[C@@H](C)[C@@H](O)[C@@H](O)[C@@H]1O. The van der Waals surface area contributed by atoms with Crippen LogP contribution in [-0.2, 0) is 91.2 Å². The fraction of sp³-hybridized carbons (Fsp3) is 0.941. The molecule has 73 heavy (non-hydrogen) atoms. The molecule has 0 saturated carbocycles. The zero-order valence-corrected chi connectivity index (χ0v) is 40.5. The minimum atomic E-state index is -5.51. The molecule has 17 N–H and O–H groups in total. The Kier molecular flexibility index (Phi) is 22.9. The van der Waals surface area contributed by atoms with Crippen LogP contribution in [0.3, 0.4) is 0 Å². The van der Waals surface area contributed by atoms with Gasteiger partial charge in [-0.15, -0.1) is 0 Å². The first-order chi connectivity index (χ1) is 33.7. The molecule has 4 heterocycles. The van der Waals surface area contributed by atoms with Gasteiger partial charge in [0.05, 0.1) is 45.2 Å². The zero-order valence-electron chi connectivity index (χ0n) is 38.1. The summed E-state index contributed by atoms with van der Waals surface area (Å²) in [5.41, 5.74) is 0. The summed E-state index contributed by atoms with van der Waals surface area (Å²) in [5.74, 6) is -2.00. The molecule has 2 amide bonds. The summed E-state index contributed by atoms with van der Waals surface area (Å²) in [4.78, 5) is 24.9. The summed E-state index contributed by atoms with van der Waals surface area (Å²) in [7, 11) is -16.3. The lowest BCUT2D eigenvalue weighted by atomic mass is 9.93. The van der Waals surface area contributed by atoms with E-state index in [-0.39, 0.29) is 0 Å². The molecule has 0 unspecified atom stereocenters. The van der Waals surface area contributed by atoms with E-state index < -0.39 is 223 Å². The first kappa shape index (κ1) is 63.3. The monoisotopic (exact) mass is 1140 g/mol. The Morgan fingerprint density at radius 3 is 1.58 bits per heavy atom. The third-order valence-electron chi connectivity index (χ3n) is 11.3. The Morgan fingerprint density at radius 2 is 1.05 bits per heavy atom. The molecule has 0 spiro atoms. The van der Waals surface area contributed by atoms with Crippen molar-refractivity contribution < 1.29 is 160 Å². The molecule has 24 atom stereocenters. The average molecular weight is 1140 g/mol. The minimum absolute atomic E-state index is 0.844. The minimum Gasteiger partial charge on any atom is -0.394 e. The Hall–Kier alpha value is -2.25. The molecule has 428 valence electrons. The fourth-order valence-electron chi connectivity index (χ4n) is 7.79. The largest absolute Gasteiger partial charge is 0.397 e. The van der Waals surface area contributed by atoms with Gasteiger partial charge in [0.2, 0.25) is 11.8 Å². The summed E-state index contributed by atoms with van der Waals surface area (Å²) >= 11 is 0. The maximum absolute atomic E-state index is 13.0. The predicted molar refractivity (Wildman–Crippen MR) is 222 cm³/mol. The quantitative estimate of drug-likeness (QED) is 0.0399. The van der Waals surface area contributed by atoms with E-state index in [1.165, 1.54) is 6.92 Å². The molecule has 4 saturated heterocycles. The van der Waals surface area contributed by atoms with Gasteiger partial charge in [0.15, 0.2) is 25.2 Å². The van der Waals surface area contributed by atoms with E-state index in [9.17, 15) is 105 Å². The summed E-state index contributed by atoms with van der Waals surface area (Å²) in [6.45, 7) is -3.67. The van der Waals surface area contributed by atoms with Crippen LogP contribution in [0.5, 0.6) is 0 Å². The van der Waals surface area contributed by atoms with Gasteiger partial charge < -0.3 is 110 Å². The van der Waals surface area contributed by atoms with Crippen LogP contribution in [0.25, 0.3) is 0 Å². The number of nitrogens with one attached hydrogen (secondary N) is 2. The number of carbonyl (C=O) groups excluding carboxylic acids is 2. The van der Waals surface area contributed by atoms with E-state index in [0.717, 1.165) is 13.8 Å². The van der Waals surface area contributed by atoms with Crippen molar-refractivity contribution in [2.75, 3.05) is 33.0 Å². The van der Waals surface area contributed by atoms with Crippen molar-refractivity contribution in [1.82, 2.24) is 10.6 Å². The highest BCUT2D eigenvalue weighted by Gasteiger charge is 2.58. The highest BCUT2D eigenvalue weighted by atomic mass is 32.3. The van der Waals surface area contributed by atoms with Crippen LogP contribution >= 0.6 is 0 Å². The van der Waals surface area contributed by atoms with E-state index in [4.69, 9.17) is 42.4 Å². The molecule has 0 aromatic carbocycles. The van der Waals surface area contributed by atoms with Crippen molar-refractivity contribution in [3.05, 3.63) is 0 Å². The third kappa shape index (κ3) is 17.4. The lowest BCUT2D eigenvalue weighted by Crippen LogP contribution is -2.71. The predicted octanol–water partition coefficient (Wildman–Crippen LogP) is -11.5. The summed E-state index contributed by atoms with van der Waals surface area (Å²) in [6.07, 6.45) is -48.8. The third-order valence-corrected chi connectivity index (χ3v) is 12.6. The molecule has 4 aliphatic heterocycles. The number of rotatable bonds is 24. The van der Waals surface area contributed by atoms with E-state index in [1.807, 2.05) is 0 Å². The highest BCUT2D eigenvalue weighted by Crippen LogP contribution is 2.37.